The van der Waals surface area contributed by atoms with Crippen molar-refractivity contribution in [2.24, 2.45) is 0 Å². The number of hydrogen-bond donors (Lipinski definition) is 2. The molecule has 0 aromatic heterocycles. The molecule has 10 heteroatoms. The van der Waals surface area contributed by atoms with E-state index in [1.807, 2.05) is 0 Å². The van der Waals surface area contributed by atoms with Gasteiger partial charge in [0.15, 0.2) is 0 Å². The monoisotopic (exact) mass is 349 g/mol. The van der Waals surface area contributed by atoms with E-state index >= 15 is 0 Å². The van der Waals surface area contributed by atoms with Crippen LogP contribution in [0.3, 0.4) is 0 Å². The molecular formula is C13H23N3O6S. The summed E-state index contributed by atoms with van der Waals surface area (Å²) in [6.45, 7) is 0.331. The highest BCUT2D eigenvalue weighted by Crippen LogP contribution is 2.32. The number of aliphatic hydroxyl groups is 1. The molecule has 1 aliphatic carbocycles. The molecule has 0 bridgehead atoms. The zero-order valence-corrected chi connectivity index (χ0v) is 14.0. The van der Waals surface area contributed by atoms with Crippen LogP contribution in [0.15, 0.2) is 0 Å². The molecule has 2 aliphatic rings. The third-order valence-electron chi connectivity index (χ3n) is 4.19. The van der Waals surface area contributed by atoms with Crippen molar-refractivity contribution < 1.29 is 27.9 Å². The van der Waals surface area contributed by atoms with Crippen molar-refractivity contribution in [1.82, 2.24) is 14.5 Å². The molecule has 9 nitrogen and oxygen atoms in total. The van der Waals surface area contributed by atoms with Crippen LogP contribution in [0.5, 0.6) is 0 Å². The Morgan fingerprint density at radius 2 is 2.00 bits per heavy atom. The van der Waals surface area contributed by atoms with Crippen LogP contribution in [0.4, 0.5) is 9.59 Å². The summed E-state index contributed by atoms with van der Waals surface area (Å²) in [6.07, 6.45) is 4.44. The molecule has 0 aromatic rings. The van der Waals surface area contributed by atoms with Gasteiger partial charge in [0.2, 0.25) is 10.0 Å². The standard InChI is InChI=1S/C13H23N3O6S/c1-23(20,21)16-7-6-15(12(16)19)11(18)14-10-13(22-9-8-17)4-2-3-5-13/h17H,2-10H2,1H3,(H,14,18). The smallest absolute Gasteiger partial charge is 0.341 e. The number of amides is 4. The van der Waals surface area contributed by atoms with Gasteiger partial charge in [-0.2, -0.15) is 0 Å². The number of aliphatic hydroxyl groups excluding tert-OH is 1. The molecular weight excluding hydrogens is 326 g/mol. The van der Waals surface area contributed by atoms with Crippen molar-refractivity contribution >= 4 is 22.1 Å². The fourth-order valence-electron chi connectivity index (χ4n) is 3.00. The van der Waals surface area contributed by atoms with E-state index in [9.17, 15) is 18.0 Å². The van der Waals surface area contributed by atoms with Crippen molar-refractivity contribution in [2.45, 2.75) is 31.3 Å². The normalized spacial score (nSPS) is 21.0. The number of carbonyl (C=O) groups is 2. The summed E-state index contributed by atoms with van der Waals surface area (Å²) in [5.41, 5.74) is -0.516. The quantitative estimate of drug-likeness (QED) is 0.681. The van der Waals surface area contributed by atoms with Crippen molar-refractivity contribution in [3.05, 3.63) is 0 Å². The number of nitrogens with one attached hydrogen (secondary N) is 1. The highest BCUT2D eigenvalue weighted by Gasteiger charge is 2.40. The Morgan fingerprint density at radius 3 is 2.52 bits per heavy atom. The zero-order valence-electron chi connectivity index (χ0n) is 13.2. The maximum atomic E-state index is 12.2. The van der Waals surface area contributed by atoms with Crippen LogP contribution in [0.1, 0.15) is 25.7 Å². The first-order valence-electron chi connectivity index (χ1n) is 7.61. The lowest BCUT2D eigenvalue weighted by atomic mass is 10.0. The lowest BCUT2D eigenvalue weighted by Crippen LogP contribution is -2.49. The first-order valence-corrected chi connectivity index (χ1v) is 9.46. The van der Waals surface area contributed by atoms with Gasteiger partial charge in [-0.3, -0.25) is 0 Å². The van der Waals surface area contributed by atoms with Gasteiger partial charge in [0.25, 0.3) is 0 Å². The Balaban J connectivity index is 1.93. The number of rotatable bonds is 6. The molecule has 4 amide bonds. The molecule has 0 aromatic carbocycles. The van der Waals surface area contributed by atoms with E-state index in [0.717, 1.165) is 36.8 Å². The summed E-state index contributed by atoms with van der Waals surface area (Å²) in [5.74, 6) is 0. The minimum atomic E-state index is -3.66. The summed E-state index contributed by atoms with van der Waals surface area (Å²) < 4.78 is 29.3. The molecule has 1 saturated heterocycles. The molecule has 0 spiro atoms. The molecule has 132 valence electrons. The molecule has 2 N–H and O–H groups in total. The number of imide groups is 1. The van der Waals surface area contributed by atoms with E-state index < -0.39 is 27.7 Å². The third-order valence-corrected chi connectivity index (χ3v) is 5.33. The van der Waals surface area contributed by atoms with E-state index in [-0.39, 0.29) is 32.8 Å². The van der Waals surface area contributed by atoms with E-state index in [1.165, 1.54) is 0 Å². The number of ether oxygens (including phenoxy) is 1. The van der Waals surface area contributed by atoms with E-state index in [2.05, 4.69) is 5.32 Å². The first kappa shape index (κ1) is 18.0. The number of nitrogens with zero attached hydrogens (tertiary/aromatic N) is 2. The third kappa shape index (κ3) is 4.12. The summed E-state index contributed by atoms with van der Waals surface area (Å²) in [5, 5.41) is 11.6. The van der Waals surface area contributed by atoms with Crippen molar-refractivity contribution in [2.75, 3.05) is 39.1 Å². The van der Waals surface area contributed by atoms with Gasteiger partial charge in [-0.15, -0.1) is 0 Å². The average Bonchev–Trinajstić information content (AvgIpc) is 3.09. The Hall–Kier alpha value is -1.39. The fourth-order valence-corrected chi connectivity index (χ4v) is 3.79. The lowest BCUT2D eigenvalue weighted by Gasteiger charge is -2.30. The SMILES string of the molecule is CS(=O)(=O)N1CCN(C(=O)NCC2(OCCO)CCCC2)C1=O. The van der Waals surface area contributed by atoms with Gasteiger partial charge in [0.05, 0.1) is 38.2 Å². The largest absolute Gasteiger partial charge is 0.394 e. The number of carbonyl (C=O) groups excluding carboxylic acids is 2. The second kappa shape index (κ2) is 7.02. The van der Waals surface area contributed by atoms with Crippen LogP contribution in [-0.4, -0.2) is 79.5 Å². The Bertz CT molecular complexity index is 558. The predicted molar refractivity (Wildman–Crippen MR) is 81.3 cm³/mol. The second-order valence-electron chi connectivity index (χ2n) is 5.89. The first-order chi connectivity index (χ1) is 10.8. The van der Waals surface area contributed by atoms with E-state index in [4.69, 9.17) is 9.84 Å². The average molecular weight is 349 g/mol. The highest BCUT2D eigenvalue weighted by atomic mass is 32.2. The van der Waals surface area contributed by atoms with Crippen LogP contribution in [0, 0.1) is 0 Å². The predicted octanol–water partition coefficient (Wildman–Crippen LogP) is -0.285. The van der Waals surface area contributed by atoms with Gasteiger partial charge in [0.1, 0.15) is 0 Å². The van der Waals surface area contributed by atoms with Gasteiger partial charge in [-0.25, -0.2) is 27.2 Å². The number of urea groups is 2. The minimum Gasteiger partial charge on any atom is -0.394 e. The Morgan fingerprint density at radius 1 is 1.35 bits per heavy atom. The van der Waals surface area contributed by atoms with Gasteiger partial charge >= 0.3 is 12.1 Å². The van der Waals surface area contributed by atoms with Crippen LogP contribution < -0.4 is 5.32 Å². The Kier molecular flexibility index (Phi) is 5.48. The molecule has 1 aliphatic heterocycles. The van der Waals surface area contributed by atoms with Crippen LogP contribution in [-0.2, 0) is 14.8 Å². The molecule has 1 heterocycles. The van der Waals surface area contributed by atoms with Crippen LogP contribution in [0.25, 0.3) is 0 Å². The summed E-state index contributed by atoms with van der Waals surface area (Å²) in [6, 6.07) is -1.46. The number of sulfonamides is 1. The maximum absolute atomic E-state index is 12.2. The summed E-state index contributed by atoms with van der Waals surface area (Å²) in [7, 11) is -3.66. The fraction of sp³-hybridized carbons (Fsp3) is 0.846. The van der Waals surface area contributed by atoms with Gasteiger partial charge in [-0.1, -0.05) is 12.8 Å². The van der Waals surface area contributed by atoms with Crippen LogP contribution in [0.2, 0.25) is 0 Å². The van der Waals surface area contributed by atoms with Gasteiger partial charge in [-0.05, 0) is 12.8 Å². The molecule has 23 heavy (non-hydrogen) atoms. The van der Waals surface area contributed by atoms with Crippen molar-refractivity contribution in [1.29, 1.82) is 0 Å². The minimum absolute atomic E-state index is 0.0300. The summed E-state index contributed by atoms with van der Waals surface area (Å²) in [4.78, 5) is 25.0. The molecule has 0 radical (unpaired) electrons. The lowest BCUT2D eigenvalue weighted by molar-refractivity contribution is -0.0508. The van der Waals surface area contributed by atoms with Crippen molar-refractivity contribution in [3.8, 4) is 0 Å². The Labute approximate surface area is 135 Å². The van der Waals surface area contributed by atoms with Crippen molar-refractivity contribution in [3.63, 3.8) is 0 Å². The van der Waals surface area contributed by atoms with E-state index in [1.54, 1.807) is 0 Å². The highest BCUT2D eigenvalue weighted by molar-refractivity contribution is 7.88. The number of hydrogen-bond acceptors (Lipinski definition) is 6. The van der Waals surface area contributed by atoms with Gasteiger partial charge < -0.3 is 15.2 Å². The summed E-state index contributed by atoms with van der Waals surface area (Å²) >= 11 is 0. The topological polar surface area (TPSA) is 116 Å². The van der Waals surface area contributed by atoms with E-state index in [0.29, 0.717) is 4.31 Å². The van der Waals surface area contributed by atoms with Gasteiger partial charge in [0, 0.05) is 6.54 Å². The molecule has 0 atom stereocenters. The second-order valence-corrected chi connectivity index (χ2v) is 7.80. The molecule has 2 rings (SSSR count). The van der Waals surface area contributed by atoms with Crippen LogP contribution >= 0.6 is 0 Å². The molecule has 1 saturated carbocycles. The zero-order chi connectivity index (χ0) is 17.1. The molecule has 0 unspecified atom stereocenters. The maximum Gasteiger partial charge on any atom is 0.341 e. The molecule has 2 fully saturated rings.